The molecule has 0 radical (unpaired) electrons. The fourth-order valence-corrected chi connectivity index (χ4v) is 3.60. The minimum atomic E-state index is -0.177. The first-order valence-corrected chi connectivity index (χ1v) is 7.85. The lowest BCUT2D eigenvalue weighted by Crippen LogP contribution is -2.57. The molecule has 5 heterocycles. The Kier molecular flexibility index (Phi) is 3.49. The second-order valence-electron chi connectivity index (χ2n) is 6.20. The van der Waals surface area contributed by atoms with Crippen molar-refractivity contribution in [2.75, 3.05) is 25.0 Å². The third-order valence-electron chi connectivity index (χ3n) is 4.88. The van der Waals surface area contributed by atoms with Gasteiger partial charge in [0.15, 0.2) is 5.58 Å². The summed E-state index contributed by atoms with van der Waals surface area (Å²) in [5, 5.41) is 6.34. The number of nitrogens with one attached hydrogen (secondary N) is 2. The summed E-state index contributed by atoms with van der Waals surface area (Å²) in [6.45, 7) is 3.19. The van der Waals surface area contributed by atoms with Crippen molar-refractivity contribution in [3.63, 3.8) is 0 Å². The molecular formula is C16H18N4O3. The van der Waals surface area contributed by atoms with Gasteiger partial charge in [-0.1, -0.05) is 0 Å². The largest absolute Gasteiger partial charge is 0.460 e. The highest BCUT2D eigenvalue weighted by atomic mass is 16.3. The van der Waals surface area contributed by atoms with Gasteiger partial charge in [-0.05, 0) is 37.9 Å². The fraction of sp³-hybridized carbons (Fsp3) is 0.438. The van der Waals surface area contributed by atoms with E-state index in [0.29, 0.717) is 34.7 Å². The van der Waals surface area contributed by atoms with Gasteiger partial charge in [0, 0.05) is 18.0 Å². The third-order valence-corrected chi connectivity index (χ3v) is 4.88. The Morgan fingerprint density at radius 3 is 2.91 bits per heavy atom. The molecule has 3 aliphatic heterocycles. The van der Waals surface area contributed by atoms with E-state index in [1.807, 2.05) is 0 Å². The van der Waals surface area contributed by atoms with Crippen molar-refractivity contribution in [3.05, 3.63) is 24.2 Å². The number of piperidine rings is 3. The number of carbonyl (C=O) groups excluding carboxylic acids is 2. The van der Waals surface area contributed by atoms with E-state index in [4.69, 9.17) is 4.42 Å². The van der Waals surface area contributed by atoms with Crippen LogP contribution in [-0.2, 0) is 4.79 Å². The van der Waals surface area contributed by atoms with Crippen LogP contribution >= 0.6 is 0 Å². The standard InChI is InChI=1S/C16H18N4O3/c21-9-18-14-8-23-15-6-17-12(5-11(14)15)16(22)19-13-7-20-3-1-10(13)2-4-20/h5-6,8-10,13H,1-4,7H2,(H,18,21)(H,19,22)/t13-/m0/s1. The lowest BCUT2D eigenvalue weighted by atomic mass is 9.84. The molecule has 23 heavy (non-hydrogen) atoms. The summed E-state index contributed by atoms with van der Waals surface area (Å²) in [4.78, 5) is 29.7. The van der Waals surface area contributed by atoms with Crippen LogP contribution < -0.4 is 10.6 Å². The molecule has 2 N–H and O–H groups in total. The Morgan fingerprint density at radius 1 is 1.39 bits per heavy atom. The molecule has 0 saturated carbocycles. The highest BCUT2D eigenvalue weighted by Gasteiger charge is 2.35. The molecule has 0 aromatic carbocycles. The number of pyridine rings is 1. The van der Waals surface area contributed by atoms with Crippen LogP contribution in [0, 0.1) is 5.92 Å². The molecule has 0 aliphatic carbocycles. The fourth-order valence-electron chi connectivity index (χ4n) is 3.60. The topological polar surface area (TPSA) is 87.5 Å². The maximum absolute atomic E-state index is 12.5. The molecular weight excluding hydrogens is 296 g/mol. The van der Waals surface area contributed by atoms with E-state index >= 15 is 0 Å². The second-order valence-corrected chi connectivity index (χ2v) is 6.20. The normalized spacial score (nSPS) is 26.2. The van der Waals surface area contributed by atoms with E-state index < -0.39 is 0 Å². The lowest BCUT2D eigenvalue weighted by molar-refractivity contribution is -0.105. The number of furan rings is 1. The monoisotopic (exact) mass is 314 g/mol. The predicted molar refractivity (Wildman–Crippen MR) is 84.1 cm³/mol. The number of nitrogens with zero attached hydrogens (tertiary/aromatic N) is 2. The zero-order chi connectivity index (χ0) is 15.8. The van der Waals surface area contributed by atoms with E-state index in [1.54, 1.807) is 6.07 Å². The summed E-state index contributed by atoms with van der Waals surface area (Å²) < 4.78 is 5.30. The Balaban J connectivity index is 1.54. The third kappa shape index (κ3) is 2.57. The summed E-state index contributed by atoms with van der Waals surface area (Å²) >= 11 is 0. The van der Waals surface area contributed by atoms with Gasteiger partial charge in [-0.3, -0.25) is 9.59 Å². The average molecular weight is 314 g/mol. The van der Waals surface area contributed by atoms with Crippen LogP contribution in [0.4, 0.5) is 5.69 Å². The number of rotatable bonds is 4. The molecule has 1 atom stereocenters. The molecule has 2 amide bonds. The van der Waals surface area contributed by atoms with E-state index in [9.17, 15) is 9.59 Å². The van der Waals surface area contributed by atoms with Gasteiger partial charge in [0.1, 0.15) is 12.0 Å². The maximum Gasteiger partial charge on any atom is 0.270 e. The summed E-state index contributed by atoms with van der Waals surface area (Å²) in [7, 11) is 0. The van der Waals surface area contributed by atoms with E-state index in [2.05, 4.69) is 20.5 Å². The molecule has 7 nitrogen and oxygen atoms in total. The summed E-state index contributed by atoms with van der Waals surface area (Å²) in [5.41, 5.74) is 1.41. The van der Waals surface area contributed by atoms with Crippen molar-refractivity contribution in [2.45, 2.75) is 18.9 Å². The van der Waals surface area contributed by atoms with Crippen molar-refractivity contribution < 1.29 is 14.0 Å². The van der Waals surface area contributed by atoms with E-state index in [-0.39, 0.29) is 11.9 Å². The SMILES string of the molecule is O=CNc1coc2cnc(C(=O)N[C@H]3CN4CCC3CC4)cc12. The van der Waals surface area contributed by atoms with Gasteiger partial charge < -0.3 is 20.0 Å². The molecule has 3 saturated heterocycles. The number of hydrogen-bond donors (Lipinski definition) is 2. The van der Waals surface area contributed by atoms with Crippen LogP contribution in [0.2, 0.25) is 0 Å². The van der Waals surface area contributed by atoms with Crippen molar-refractivity contribution in [1.82, 2.24) is 15.2 Å². The van der Waals surface area contributed by atoms with Gasteiger partial charge >= 0.3 is 0 Å². The predicted octanol–water partition coefficient (Wildman–Crippen LogP) is 1.22. The van der Waals surface area contributed by atoms with Crippen molar-refractivity contribution >= 4 is 29.0 Å². The molecule has 5 rings (SSSR count). The molecule has 3 fully saturated rings. The van der Waals surface area contributed by atoms with Crippen LogP contribution in [0.3, 0.4) is 0 Å². The molecule has 0 unspecified atom stereocenters. The quantitative estimate of drug-likeness (QED) is 0.829. The van der Waals surface area contributed by atoms with Crippen molar-refractivity contribution in [2.24, 2.45) is 5.92 Å². The Hall–Kier alpha value is -2.41. The van der Waals surface area contributed by atoms with Gasteiger partial charge in [0.2, 0.25) is 6.41 Å². The number of anilines is 1. The lowest BCUT2D eigenvalue weighted by Gasteiger charge is -2.44. The molecule has 3 aliphatic rings. The zero-order valence-corrected chi connectivity index (χ0v) is 12.6. The van der Waals surface area contributed by atoms with Crippen LogP contribution in [0.5, 0.6) is 0 Å². The van der Waals surface area contributed by atoms with Crippen LogP contribution in [0.25, 0.3) is 11.0 Å². The molecule has 2 aromatic heterocycles. The van der Waals surface area contributed by atoms with Gasteiger partial charge in [-0.25, -0.2) is 4.98 Å². The van der Waals surface area contributed by atoms with E-state index in [1.165, 1.54) is 12.5 Å². The Morgan fingerprint density at radius 2 is 2.22 bits per heavy atom. The summed E-state index contributed by atoms with van der Waals surface area (Å²) in [5.74, 6) is 0.387. The highest BCUT2D eigenvalue weighted by molar-refractivity contribution is 6.00. The molecule has 2 aromatic rings. The highest BCUT2D eigenvalue weighted by Crippen LogP contribution is 2.28. The smallest absolute Gasteiger partial charge is 0.270 e. The molecule has 0 spiro atoms. The van der Waals surface area contributed by atoms with Crippen molar-refractivity contribution in [1.29, 1.82) is 0 Å². The molecule has 7 heteroatoms. The van der Waals surface area contributed by atoms with Gasteiger partial charge in [0.05, 0.1) is 11.9 Å². The van der Waals surface area contributed by atoms with Gasteiger partial charge in [-0.15, -0.1) is 0 Å². The minimum Gasteiger partial charge on any atom is -0.460 e. The maximum atomic E-state index is 12.5. The average Bonchev–Trinajstić information content (AvgIpc) is 2.99. The van der Waals surface area contributed by atoms with Gasteiger partial charge in [-0.2, -0.15) is 0 Å². The number of amides is 2. The first kappa shape index (κ1) is 14.2. The number of carbonyl (C=O) groups is 2. The molecule has 120 valence electrons. The number of fused-ring (bicyclic) bond motifs is 4. The van der Waals surface area contributed by atoms with Crippen LogP contribution in [0.15, 0.2) is 22.9 Å². The first-order valence-electron chi connectivity index (χ1n) is 7.85. The Bertz CT molecular complexity index is 749. The first-order chi connectivity index (χ1) is 11.2. The van der Waals surface area contributed by atoms with E-state index in [0.717, 1.165) is 32.5 Å². The molecule has 2 bridgehead atoms. The second kappa shape index (κ2) is 5.66. The summed E-state index contributed by atoms with van der Waals surface area (Å²) in [6, 6.07) is 1.85. The van der Waals surface area contributed by atoms with Crippen LogP contribution in [-0.4, -0.2) is 47.9 Å². The van der Waals surface area contributed by atoms with Crippen molar-refractivity contribution in [3.8, 4) is 0 Å². The van der Waals surface area contributed by atoms with Crippen LogP contribution in [0.1, 0.15) is 23.3 Å². The van der Waals surface area contributed by atoms with Gasteiger partial charge in [0.25, 0.3) is 5.91 Å². The number of aromatic nitrogens is 1. The summed E-state index contributed by atoms with van der Waals surface area (Å²) in [6.07, 6.45) is 5.82. The number of hydrogen-bond acceptors (Lipinski definition) is 5. The minimum absolute atomic E-state index is 0.177. The Labute approximate surface area is 133 Å². The zero-order valence-electron chi connectivity index (χ0n) is 12.6.